The molecule has 0 N–H and O–H groups in total. The van der Waals surface area contributed by atoms with Gasteiger partial charge in [-0.2, -0.15) is 0 Å². The van der Waals surface area contributed by atoms with E-state index in [4.69, 9.17) is 0 Å². The number of hydrogen-bond acceptors (Lipinski definition) is 4. The molecule has 1 aliphatic rings. The number of carbonyl (C=O) groups is 3. The fourth-order valence-corrected chi connectivity index (χ4v) is 0.919. The average Bonchev–Trinajstić information content (AvgIpc) is 2.08. The van der Waals surface area contributed by atoms with Crippen molar-refractivity contribution in [2.75, 3.05) is 7.11 Å². The molecule has 0 fully saturated rings. The van der Waals surface area contributed by atoms with Gasteiger partial charge in [-0.1, -0.05) is 0 Å². The fraction of sp³-hybridized carbons (Fsp3) is 0.375. The maximum Gasteiger partial charge on any atom is 0.263 e. The van der Waals surface area contributed by atoms with E-state index in [9.17, 15) is 14.4 Å². The topological polar surface area (TPSA) is 60.4 Å². The van der Waals surface area contributed by atoms with Crippen molar-refractivity contribution in [3.05, 3.63) is 11.8 Å². The normalized spacial score (nSPS) is 24.0. The average molecular weight is 168 g/mol. The van der Waals surface area contributed by atoms with Crippen molar-refractivity contribution in [3.8, 4) is 0 Å². The third-order valence-electron chi connectivity index (χ3n) is 1.76. The molecule has 1 atom stereocenters. The lowest BCUT2D eigenvalue weighted by molar-refractivity contribution is -0.142. The summed E-state index contributed by atoms with van der Waals surface area (Å²) in [5.41, 5.74) is 0. The van der Waals surface area contributed by atoms with Crippen molar-refractivity contribution in [1.29, 1.82) is 0 Å². The van der Waals surface area contributed by atoms with Crippen LogP contribution in [0.4, 0.5) is 0 Å². The van der Waals surface area contributed by atoms with E-state index >= 15 is 0 Å². The summed E-state index contributed by atoms with van der Waals surface area (Å²) in [5, 5.41) is 0. The Hall–Kier alpha value is -1.45. The third kappa shape index (κ3) is 1.15. The number of methoxy groups -OCH3 is 1. The molecule has 0 spiro atoms. The van der Waals surface area contributed by atoms with Crippen LogP contribution in [0.1, 0.15) is 6.92 Å². The minimum Gasteiger partial charge on any atom is -0.492 e. The van der Waals surface area contributed by atoms with E-state index in [0.29, 0.717) is 0 Å². The van der Waals surface area contributed by atoms with Crippen molar-refractivity contribution in [1.82, 2.24) is 0 Å². The van der Waals surface area contributed by atoms with Crippen LogP contribution in [0.2, 0.25) is 0 Å². The van der Waals surface area contributed by atoms with Gasteiger partial charge in [0.25, 0.3) is 5.78 Å². The molecular weight excluding hydrogens is 160 g/mol. The standard InChI is InChI=1S/C8H8O4/c1-4-5(9)3-6(12-2)8(11)7(4)10/h3-4H,1-2H3. The number of hydrogen-bond donors (Lipinski definition) is 0. The zero-order valence-corrected chi connectivity index (χ0v) is 6.79. The van der Waals surface area contributed by atoms with Gasteiger partial charge in [0, 0.05) is 6.08 Å². The van der Waals surface area contributed by atoms with Gasteiger partial charge in [-0.15, -0.1) is 0 Å². The van der Waals surface area contributed by atoms with Gasteiger partial charge >= 0.3 is 0 Å². The Morgan fingerprint density at radius 2 is 1.92 bits per heavy atom. The molecule has 0 heterocycles. The molecule has 0 bridgehead atoms. The largest absolute Gasteiger partial charge is 0.492 e. The summed E-state index contributed by atoms with van der Waals surface area (Å²) in [6, 6.07) is 0. The summed E-state index contributed by atoms with van der Waals surface area (Å²) in [5.74, 6) is -2.81. The second-order valence-corrected chi connectivity index (χ2v) is 2.53. The van der Waals surface area contributed by atoms with Gasteiger partial charge in [-0.3, -0.25) is 14.4 Å². The van der Waals surface area contributed by atoms with E-state index < -0.39 is 17.5 Å². The van der Waals surface area contributed by atoms with E-state index in [1.54, 1.807) is 0 Å². The molecule has 64 valence electrons. The maximum atomic E-state index is 11.0. The fourth-order valence-electron chi connectivity index (χ4n) is 0.919. The lowest BCUT2D eigenvalue weighted by atomic mass is 9.91. The quantitative estimate of drug-likeness (QED) is 0.404. The van der Waals surface area contributed by atoms with E-state index in [2.05, 4.69) is 4.74 Å². The molecule has 0 saturated carbocycles. The van der Waals surface area contributed by atoms with Gasteiger partial charge in [-0.25, -0.2) is 0 Å². The van der Waals surface area contributed by atoms with Gasteiger partial charge in [-0.05, 0) is 6.92 Å². The molecule has 1 unspecified atom stereocenters. The summed E-state index contributed by atoms with van der Waals surface area (Å²) in [7, 11) is 1.25. The molecule has 4 heteroatoms. The summed E-state index contributed by atoms with van der Waals surface area (Å²) in [6.07, 6.45) is 1.06. The SMILES string of the molecule is COC1=CC(=O)C(C)C(=O)C1=O. The molecule has 0 aromatic heterocycles. The summed E-state index contributed by atoms with van der Waals surface area (Å²) in [6.45, 7) is 1.41. The number of rotatable bonds is 1. The molecule has 4 nitrogen and oxygen atoms in total. The highest BCUT2D eigenvalue weighted by Gasteiger charge is 2.34. The van der Waals surface area contributed by atoms with Crippen molar-refractivity contribution in [2.24, 2.45) is 5.92 Å². The minimum atomic E-state index is -0.851. The number of Topliss-reactive ketones (excluding diaryl/α,β-unsaturated/α-hetero) is 2. The Morgan fingerprint density at radius 3 is 2.42 bits per heavy atom. The van der Waals surface area contributed by atoms with Crippen LogP contribution in [0.25, 0.3) is 0 Å². The highest BCUT2D eigenvalue weighted by Crippen LogP contribution is 2.14. The predicted octanol–water partition coefficient (Wildman–Crippen LogP) is -0.126. The first-order valence-electron chi connectivity index (χ1n) is 3.46. The number of ketones is 3. The second kappa shape index (κ2) is 2.89. The Balaban J connectivity index is 3.08. The van der Waals surface area contributed by atoms with Crippen LogP contribution in [0.3, 0.4) is 0 Å². The second-order valence-electron chi connectivity index (χ2n) is 2.53. The van der Waals surface area contributed by atoms with Crippen molar-refractivity contribution in [3.63, 3.8) is 0 Å². The smallest absolute Gasteiger partial charge is 0.263 e. The highest BCUT2D eigenvalue weighted by molar-refractivity contribution is 6.49. The van der Waals surface area contributed by atoms with Gasteiger partial charge < -0.3 is 4.74 Å². The van der Waals surface area contributed by atoms with Gasteiger partial charge in [0.15, 0.2) is 11.5 Å². The first-order valence-corrected chi connectivity index (χ1v) is 3.46. The zero-order chi connectivity index (χ0) is 9.30. The molecule has 1 rings (SSSR count). The number of allylic oxidation sites excluding steroid dienone is 2. The van der Waals surface area contributed by atoms with E-state index in [1.165, 1.54) is 14.0 Å². The third-order valence-corrected chi connectivity index (χ3v) is 1.76. The van der Waals surface area contributed by atoms with Crippen molar-refractivity contribution < 1.29 is 19.1 Å². The first-order chi connectivity index (χ1) is 5.57. The summed E-state index contributed by atoms with van der Waals surface area (Å²) in [4.78, 5) is 33.0. The van der Waals surface area contributed by atoms with Gasteiger partial charge in [0.2, 0.25) is 5.78 Å². The van der Waals surface area contributed by atoms with E-state index in [-0.39, 0.29) is 11.5 Å². The molecule has 0 aliphatic heterocycles. The molecule has 0 radical (unpaired) electrons. The van der Waals surface area contributed by atoms with Crippen LogP contribution in [0, 0.1) is 5.92 Å². The van der Waals surface area contributed by atoms with E-state index in [1.807, 2.05) is 0 Å². The first kappa shape index (κ1) is 8.64. The predicted molar refractivity (Wildman–Crippen MR) is 39.3 cm³/mol. The number of carbonyl (C=O) groups excluding carboxylic acids is 3. The molecule has 0 saturated heterocycles. The molecule has 0 amide bonds. The van der Waals surface area contributed by atoms with Gasteiger partial charge in [0.05, 0.1) is 13.0 Å². The lowest BCUT2D eigenvalue weighted by Crippen LogP contribution is -2.33. The van der Waals surface area contributed by atoms with Crippen LogP contribution in [0.5, 0.6) is 0 Å². The minimum absolute atomic E-state index is 0.164. The molecular formula is C8H8O4. The van der Waals surface area contributed by atoms with E-state index in [0.717, 1.165) is 6.08 Å². The van der Waals surface area contributed by atoms with Crippen molar-refractivity contribution in [2.45, 2.75) is 6.92 Å². The molecule has 0 aromatic carbocycles. The molecule has 1 aliphatic carbocycles. The summed E-state index contributed by atoms with van der Waals surface area (Å²) < 4.78 is 4.56. The Morgan fingerprint density at radius 1 is 1.33 bits per heavy atom. The molecule has 0 aromatic rings. The Kier molecular flexibility index (Phi) is 2.08. The maximum absolute atomic E-state index is 11.0. The van der Waals surface area contributed by atoms with Crippen LogP contribution in [-0.4, -0.2) is 24.5 Å². The van der Waals surface area contributed by atoms with Crippen LogP contribution in [-0.2, 0) is 19.1 Å². The van der Waals surface area contributed by atoms with Crippen LogP contribution in [0.15, 0.2) is 11.8 Å². The monoisotopic (exact) mass is 168 g/mol. The lowest BCUT2D eigenvalue weighted by Gasteiger charge is -2.13. The van der Waals surface area contributed by atoms with Crippen molar-refractivity contribution >= 4 is 17.3 Å². The van der Waals surface area contributed by atoms with Crippen LogP contribution < -0.4 is 0 Å². The molecule has 12 heavy (non-hydrogen) atoms. The number of ether oxygens (including phenoxy) is 1. The summed E-state index contributed by atoms with van der Waals surface area (Å²) >= 11 is 0. The highest BCUT2D eigenvalue weighted by atomic mass is 16.5. The van der Waals surface area contributed by atoms with Gasteiger partial charge in [0.1, 0.15) is 0 Å². The zero-order valence-electron chi connectivity index (χ0n) is 6.79. The van der Waals surface area contributed by atoms with Crippen LogP contribution >= 0.6 is 0 Å². The Bertz CT molecular complexity index is 287. The Labute approximate surface area is 69.2 Å².